The number of ketones is 1. The number of hydrogen-bond acceptors (Lipinski definition) is 5. The van der Waals surface area contributed by atoms with Gasteiger partial charge in [-0.05, 0) is 53.9 Å². The van der Waals surface area contributed by atoms with Crippen molar-refractivity contribution in [1.82, 2.24) is 0 Å². The summed E-state index contributed by atoms with van der Waals surface area (Å²) >= 11 is 0. The Morgan fingerprint density at radius 1 is 0.957 bits per heavy atom. The van der Waals surface area contributed by atoms with Gasteiger partial charge < -0.3 is 19.4 Å². The number of carbonyl (C=O) groups is 2. The predicted octanol–water partition coefficient (Wildman–Crippen LogP) is 1.82. The molecule has 0 heterocycles. The molecule has 5 heteroatoms. The van der Waals surface area contributed by atoms with E-state index in [0.717, 1.165) is 17.5 Å². The zero-order chi connectivity index (χ0) is 16.4. The summed E-state index contributed by atoms with van der Waals surface area (Å²) in [6.07, 6.45) is 0.893. The van der Waals surface area contributed by atoms with Crippen molar-refractivity contribution in [3.8, 4) is 22.6 Å². The molecule has 1 aliphatic rings. The van der Waals surface area contributed by atoms with E-state index < -0.39 is 12.6 Å². The molecule has 0 aliphatic heterocycles. The smallest absolute Gasteiger partial charge is 0.194 e. The minimum atomic E-state index is -1.31. The highest BCUT2D eigenvalue weighted by Gasteiger charge is 2.27. The van der Waals surface area contributed by atoms with E-state index in [1.165, 1.54) is 0 Å². The van der Waals surface area contributed by atoms with Gasteiger partial charge in [-0.1, -0.05) is 6.92 Å². The first-order valence-electron chi connectivity index (χ1n) is 7.38. The molecule has 2 aromatic rings. The van der Waals surface area contributed by atoms with Crippen LogP contribution in [-0.4, -0.2) is 25.0 Å². The summed E-state index contributed by atoms with van der Waals surface area (Å²) in [4.78, 5) is 23.0. The summed E-state index contributed by atoms with van der Waals surface area (Å²) in [5.41, 5.74) is 2.75. The lowest BCUT2D eigenvalue weighted by atomic mass is 10.1. The van der Waals surface area contributed by atoms with Crippen molar-refractivity contribution in [1.29, 1.82) is 0 Å². The number of aliphatic carboxylic acids is 1. The molecule has 0 saturated heterocycles. The molecule has 3 rings (SSSR count). The van der Waals surface area contributed by atoms with E-state index in [2.05, 4.69) is 0 Å². The summed E-state index contributed by atoms with van der Waals surface area (Å²) < 4.78 is 10.6. The van der Waals surface area contributed by atoms with E-state index in [4.69, 9.17) is 9.47 Å². The minimum absolute atomic E-state index is 0.115. The maximum atomic E-state index is 12.6. The van der Waals surface area contributed by atoms with Crippen molar-refractivity contribution in [3.05, 3.63) is 47.5 Å². The summed E-state index contributed by atoms with van der Waals surface area (Å²) in [5, 5.41) is 10.5. The van der Waals surface area contributed by atoms with Crippen LogP contribution < -0.4 is 14.6 Å². The van der Waals surface area contributed by atoms with Crippen LogP contribution in [0.5, 0.6) is 11.5 Å². The maximum Gasteiger partial charge on any atom is 0.194 e. The second-order valence-corrected chi connectivity index (χ2v) is 5.25. The van der Waals surface area contributed by atoms with Gasteiger partial charge in [0.15, 0.2) is 5.78 Å². The molecule has 0 spiro atoms. The summed E-state index contributed by atoms with van der Waals surface area (Å²) in [6.45, 7) is 2.07. The number of carboxylic acid groups (broad SMARTS) is 1. The quantitative estimate of drug-likeness (QED) is 0.694. The van der Waals surface area contributed by atoms with Crippen molar-refractivity contribution in [2.45, 2.75) is 13.3 Å². The van der Waals surface area contributed by atoms with E-state index in [0.29, 0.717) is 29.2 Å². The molecule has 0 unspecified atom stereocenters. The molecular weight excluding hydrogens is 296 g/mol. The van der Waals surface area contributed by atoms with Gasteiger partial charge in [-0.15, -0.1) is 0 Å². The number of carbonyl (C=O) groups excluding carboxylic acids is 2. The molecule has 0 saturated carbocycles. The average Bonchev–Trinajstić information content (AvgIpc) is 2.83. The van der Waals surface area contributed by atoms with Gasteiger partial charge in [-0.3, -0.25) is 4.79 Å². The first-order valence-corrected chi connectivity index (χ1v) is 7.38. The molecular formula is C18H15O5-. The number of ether oxygens (including phenoxy) is 2. The van der Waals surface area contributed by atoms with E-state index in [9.17, 15) is 14.7 Å². The largest absolute Gasteiger partial charge is 0.546 e. The van der Waals surface area contributed by atoms with Gasteiger partial charge in [0.1, 0.15) is 18.1 Å². The van der Waals surface area contributed by atoms with Gasteiger partial charge in [-0.25, -0.2) is 0 Å². The van der Waals surface area contributed by atoms with Crippen molar-refractivity contribution in [2.75, 3.05) is 13.2 Å². The highest BCUT2D eigenvalue weighted by Crippen LogP contribution is 2.39. The first kappa shape index (κ1) is 15.1. The van der Waals surface area contributed by atoms with Crippen molar-refractivity contribution >= 4 is 11.8 Å². The Kier molecular flexibility index (Phi) is 4.02. The topological polar surface area (TPSA) is 75.7 Å². The molecule has 0 atom stereocenters. The third-order valence-corrected chi connectivity index (χ3v) is 3.59. The van der Waals surface area contributed by atoms with Crippen LogP contribution in [0.2, 0.25) is 0 Å². The maximum absolute atomic E-state index is 12.6. The second kappa shape index (κ2) is 6.12. The fourth-order valence-corrected chi connectivity index (χ4v) is 2.58. The Labute approximate surface area is 133 Å². The Hall–Kier alpha value is -2.82. The molecule has 23 heavy (non-hydrogen) atoms. The van der Waals surface area contributed by atoms with Crippen LogP contribution in [0.25, 0.3) is 11.1 Å². The third kappa shape index (κ3) is 2.90. The monoisotopic (exact) mass is 311 g/mol. The van der Waals surface area contributed by atoms with Crippen molar-refractivity contribution < 1.29 is 24.2 Å². The SMILES string of the molecule is CCCOc1ccc2c(c1)C(=O)c1cc(OCC(=O)[O-])ccc1-2. The average molecular weight is 311 g/mol. The molecule has 0 bridgehead atoms. The molecule has 1 aliphatic carbocycles. The lowest BCUT2D eigenvalue weighted by molar-refractivity contribution is -0.307. The van der Waals surface area contributed by atoms with Crippen LogP contribution in [0.4, 0.5) is 0 Å². The summed E-state index contributed by atoms with van der Waals surface area (Å²) in [7, 11) is 0. The standard InChI is InChI=1S/C18H16O5/c1-2-7-22-11-3-5-13-14-6-4-12(23-10-17(19)20)9-16(14)18(21)15(13)8-11/h3-6,8-9H,2,7,10H2,1H3,(H,19,20)/p-1. The van der Waals surface area contributed by atoms with Crippen LogP contribution >= 0.6 is 0 Å². The molecule has 0 aromatic heterocycles. The second-order valence-electron chi connectivity index (χ2n) is 5.25. The number of benzene rings is 2. The Morgan fingerprint density at radius 3 is 2.04 bits per heavy atom. The van der Waals surface area contributed by atoms with Crippen LogP contribution in [-0.2, 0) is 4.79 Å². The number of hydrogen-bond donors (Lipinski definition) is 0. The zero-order valence-electron chi connectivity index (χ0n) is 12.6. The zero-order valence-corrected chi connectivity index (χ0v) is 12.6. The normalized spacial score (nSPS) is 11.8. The lowest BCUT2D eigenvalue weighted by Crippen LogP contribution is -2.28. The molecule has 118 valence electrons. The summed E-state index contributed by atoms with van der Waals surface area (Å²) in [5.74, 6) is -0.426. The molecule has 0 fully saturated rings. The number of carboxylic acids is 1. The van der Waals surface area contributed by atoms with Crippen molar-refractivity contribution in [2.24, 2.45) is 0 Å². The fourth-order valence-electron chi connectivity index (χ4n) is 2.58. The fraction of sp³-hybridized carbons (Fsp3) is 0.222. The van der Waals surface area contributed by atoms with E-state index in [1.807, 2.05) is 19.1 Å². The molecule has 5 nitrogen and oxygen atoms in total. The highest BCUT2D eigenvalue weighted by atomic mass is 16.5. The van der Waals surface area contributed by atoms with Crippen molar-refractivity contribution in [3.63, 3.8) is 0 Å². The number of fused-ring (bicyclic) bond motifs is 3. The Bertz CT molecular complexity index is 779. The molecule has 0 amide bonds. The van der Waals surface area contributed by atoms with E-state index in [1.54, 1.807) is 24.3 Å². The molecule has 0 radical (unpaired) electrons. The van der Waals surface area contributed by atoms with Crippen LogP contribution in [0.1, 0.15) is 29.3 Å². The van der Waals surface area contributed by atoms with Gasteiger partial charge in [0.25, 0.3) is 0 Å². The van der Waals surface area contributed by atoms with Crippen LogP contribution in [0.3, 0.4) is 0 Å². The van der Waals surface area contributed by atoms with E-state index >= 15 is 0 Å². The third-order valence-electron chi connectivity index (χ3n) is 3.59. The van der Waals surface area contributed by atoms with Gasteiger partial charge >= 0.3 is 0 Å². The lowest BCUT2D eigenvalue weighted by Gasteiger charge is -2.08. The summed E-state index contributed by atoms with van der Waals surface area (Å²) in [6, 6.07) is 10.4. The van der Waals surface area contributed by atoms with Crippen LogP contribution in [0.15, 0.2) is 36.4 Å². The van der Waals surface area contributed by atoms with E-state index in [-0.39, 0.29) is 5.78 Å². The van der Waals surface area contributed by atoms with Gasteiger partial charge in [-0.2, -0.15) is 0 Å². The predicted molar refractivity (Wildman–Crippen MR) is 81.6 cm³/mol. The van der Waals surface area contributed by atoms with Crippen LogP contribution in [0, 0.1) is 0 Å². The Balaban J connectivity index is 1.91. The minimum Gasteiger partial charge on any atom is -0.546 e. The van der Waals surface area contributed by atoms with Gasteiger partial charge in [0.05, 0.1) is 12.6 Å². The molecule has 2 aromatic carbocycles. The van der Waals surface area contributed by atoms with Gasteiger partial charge in [0, 0.05) is 11.1 Å². The number of rotatable bonds is 6. The highest BCUT2D eigenvalue weighted by molar-refractivity contribution is 6.22. The first-order chi connectivity index (χ1) is 11.1. The molecule has 0 N–H and O–H groups in total. The van der Waals surface area contributed by atoms with Gasteiger partial charge in [0.2, 0.25) is 0 Å². The Morgan fingerprint density at radius 2 is 1.52 bits per heavy atom.